The van der Waals surface area contributed by atoms with Crippen LogP contribution in [0.4, 0.5) is 0 Å². The van der Waals surface area contributed by atoms with Crippen LogP contribution in [0.5, 0.6) is 0 Å². The van der Waals surface area contributed by atoms with E-state index in [-0.39, 0.29) is 18.9 Å². The summed E-state index contributed by atoms with van der Waals surface area (Å²) in [4.78, 5) is 13.3. The van der Waals surface area contributed by atoms with Crippen molar-refractivity contribution in [2.75, 3.05) is 26.4 Å². The van der Waals surface area contributed by atoms with Crippen LogP contribution in [-0.4, -0.2) is 193 Å². The molecular weight excluding hydrogens is 1140 g/mol. The maximum atomic E-state index is 13.3. The van der Waals surface area contributed by atoms with Crippen LogP contribution in [0.1, 0.15) is 296 Å². The predicted octanol–water partition coefficient (Wildman–Crippen LogP) is 10.1. The summed E-state index contributed by atoms with van der Waals surface area (Å²) in [6.07, 6.45) is 33.2. The summed E-state index contributed by atoms with van der Waals surface area (Å²) in [5.74, 6) is -0.275. The first-order valence-corrected chi connectivity index (χ1v) is 36.4. The van der Waals surface area contributed by atoms with Gasteiger partial charge in [0.25, 0.3) is 0 Å². The Kier molecular flexibility index (Phi) is 48.5. The molecule has 3 fully saturated rings. The number of rotatable bonds is 57. The average Bonchev–Trinajstić information content (AvgIpc) is 1.29. The van der Waals surface area contributed by atoms with Gasteiger partial charge >= 0.3 is 0 Å². The van der Waals surface area contributed by atoms with Gasteiger partial charge in [-0.15, -0.1) is 0 Å². The number of allylic oxidation sites excluding steroid dienone is 1. The summed E-state index contributed by atoms with van der Waals surface area (Å²) in [7, 11) is 0. The molecule has 19 nitrogen and oxygen atoms in total. The van der Waals surface area contributed by atoms with Crippen molar-refractivity contribution in [1.82, 2.24) is 5.32 Å². The molecule has 17 atom stereocenters. The molecule has 526 valence electrons. The fraction of sp³-hybridized carbons (Fsp3) is 0.957. The molecule has 0 saturated carbocycles. The molecule has 0 radical (unpaired) electrons. The summed E-state index contributed by atoms with van der Waals surface area (Å²) in [5.41, 5.74) is 0. The number of unbranched alkanes of at least 4 members (excludes halogenated alkanes) is 41. The van der Waals surface area contributed by atoms with Crippen LogP contribution in [-0.2, 0) is 33.2 Å². The Morgan fingerprint density at radius 3 is 1.06 bits per heavy atom. The fourth-order valence-corrected chi connectivity index (χ4v) is 12.7. The number of amides is 1. The molecule has 3 saturated heterocycles. The van der Waals surface area contributed by atoms with E-state index in [1.807, 2.05) is 6.08 Å². The maximum absolute atomic E-state index is 13.3. The third-order valence-corrected chi connectivity index (χ3v) is 18.6. The van der Waals surface area contributed by atoms with Gasteiger partial charge in [-0.3, -0.25) is 4.79 Å². The van der Waals surface area contributed by atoms with E-state index in [1.165, 1.54) is 218 Å². The van der Waals surface area contributed by atoms with E-state index in [9.17, 15) is 61.0 Å². The molecule has 19 heteroatoms. The Morgan fingerprint density at radius 1 is 0.393 bits per heavy atom. The van der Waals surface area contributed by atoms with Crippen LogP contribution in [0.3, 0.4) is 0 Å². The van der Waals surface area contributed by atoms with Crippen LogP contribution in [0, 0.1) is 0 Å². The summed E-state index contributed by atoms with van der Waals surface area (Å²) in [6, 6.07) is -0.965. The highest BCUT2D eigenvalue weighted by molar-refractivity contribution is 5.76. The quantitative estimate of drug-likeness (QED) is 0.0199. The van der Waals surface area contributed by atoms with Gasteiger partial charge in [0.05, 0.1) is 38.6 Å². The zero-order valence-electron chi connectivity index (χ0n) is 55.7. The lowest BCUT2D eigenvalue weighted by molar-refractivity contribution is -0.379. The summed E-state index contributed by atoms with van der Waals surface area (Å²) >= 11 is 0. The van der Waals surface area contributed by atoms with Crippen LogP contribution in [0.15, 0.2) is 12.2 Å². The molecule has 0 aliphatic carbocycles. The highest BCUT2D eigenvalue weighted by atomic mass is 16.8. The largest absolute Gasteiger partial charge is 0.394 e. The lowest BCUT2D eigenvalue weighted by Crippen LogP contribution is -2.66. The Labute approximate surface area is 537 Å². The first-order valence-electron chi connectivity index (χ1n) is 36.4. The van der Waals surface area contributed by atoms with Crippen molar-refractivity contribution in [3.63, 3.8) is 0 Å². The van der Waals surface area contributed by atoms with Crippen molar-refractivity contribution in [3.8, 4) is 0 Å². The number of hydrogen-bond acceptors (Lipinski definition) is 18. The van der Waals surface area contributed by atoms with Crippen LogP contribution in [0.2, 0.25) is 0 Å². The Morgan fingerprint density at radius 2 is 0.697 bits per heavy atom. The third-order valence-electron chi connectivity index (χ3n) is 18.6. The molecule has 3 rings (SSSR count). The van der Waals surface area contributed by atoms with Crippen molar-refractivity contribution < 1.29 is 89.4 Å². The second-order valence-corrected chi connectivity index (χ2v) is 26.4. The molecule has 0 aromatic carbocycles. The van der Waals surface area contributed by atoms with Gasteiger partial charge in [0.1, 0.15) is 73.2 Å². The van der Waals surface area contributed by atoms with E-state index in [4.69, 9.17) is 28.4 Å². The Balaban J connectivity index is 1.22. The van der Waals surface area contributed by atoms with Gasteiger partial charge in [-0.1, -0.05) is 283 Å². The molecule has 0 aromatic heterocycles. The van der Waals surface area contributed by atoms with Crippen molar-refractivity contribution in [2.24, 2.45) is 0 Å². The average molecular weight is 1280 g/mol. The van der Waals surface area contributed by atoms with Gasteiger partial charge in [0, 0.05) is 6.42 Å². The first kappa shape index (κ1) is 81.8. The van der Waals surface area contributed by atoms with Crippen LogP contribution in [0.25, 0.3) is 0 Å². The minimum atomic E-state index is -1.97. The molecule has 12 N–H and O–H groups in total. The zero-order chi connectivity index (χ0) is 64.7. The monoisotopic (exact) mass is 1280 g/mol. The first-order chi connectivity index (χ1) is 43.3. The van der Waals surface area contributed by atoms with E-state index < -0.39 is 124 Å². The molecule has 3 aliphatic rings. The molecule has 3 aliphatic heterocycles. The number of hydrogen-bond donors (Lipinski definition) is 12. The predicted molar refractivity (Wildman–Crippen MR) is 347 cm³/mol. The number of aliphatic hydroxyl groups excluding tert-OH is 11. The topological polar surface area (TPSA) is 307 Å². The Hall–Kier alpha value is -1.47. The van der Waals surface area contributed by atoms with E-state index in [2.05, 4.69) is 19.2 Å². The SMILES string of the molecule is CCCCCC/C=C/C(O)C(COC1OC(CO)C(OC2OC(CO)C(OC3OC(CO)C(O)C(O)C3O)C(O)C2O)C(O)C1O)NC(=O)CCCCCCCCCCCCCCCCCCCCCCCCCCCCCCCCCCCCCCCC. The van der Waals surface area contributed by atoms with E-state index in [0.717, 1.165) is 51.4 Å². The lowest BCUT2D eigenvalue weighted by atomic mass is 9.96. The van der Waals surface area contributed by atoms with Crippen LogP contribution >= 0.6 is 0 Å². The van der Waals surface area contributed by atoms with Crippen molar-refractivity contribution in [3.05, 3.63) is 12.2 Å². The van der Waals surface area contributed by atoms with Crippen molar-refractivity contribution >= 4 is 5.91 Å². The summed E-state index contributed by atoms with van der Waals surface area (Å²) in [5, 5.41) is 120. The minimum Gasteiger partial charge on any atom is -0.394 e. The van der Waals surface area contributed by atoms with Gasteiger partial charge in [-0.2, -0.15) is 0 Å². The van der Waals surface area contributed by atoms with Crippen LogP contribution < -0.4 is 5.32 Å². The van der Waals surface area contributed by atoms with Gasteiger partial charge < -0.3 is 89.9 Å². The maximum Gasteiger partial charge on any atom is 0.220 e. The Bertz CT molecular complexity index is 1670. The van der Waals surface area contributed by atoms with Gasteiger partial charge in [0.15, 0.2) is 18.9 Å². The molecule has 0 aromatic rings. The van der Waals surface area contributed by atoms with Crippen molar-refractivity contribution in [1.29, 1.82) is 0 Å². The van der Waals surface area contributed by atoms with Crippen molar-refractivity contribution in [2.45, 2.75) is 401 Å². The highest BCUT2D eigenvalue weighted by Crippen LogP contribution is 2.33. The third kappa shape index (κ3) is 34.7. The normalized spacial score (nSPS) is 28.2. The molecule has 89 heavy (non-hydrogen) atoms. The number of carbonyl (C=O) groups is 1. The van der Waals surface area contributed by atoms with E-state index in [0.29, 0.717) is 6.42 Å². The number of ether oxygens (including phenoxy) is 6. The second kappa shape index (κ2) is 52.8. The van der Waals surface area contributed by atoms with Gasteiger partial charge in [-0.05, 0) is 19.3 Å². The van der Waals surface area contributed by atoms with E-state index >= 15 is 0 Å². The highest BCUT2D eigenvalue weighted by Gasteiger charge is 2.53. The number of nitrogens with one attached hydrogen (secondary N) is 1. The second-order valence-electron chi connectivity index (χ2n) is 26.4. The molecular formula is C70H133NO18. The number of carbonyl (C=O) groups excluding carboxylic acids is 1. The molecule has 1 amide bonds. The summed E-state index contributed by atoms with van der Waals surface area (Å²) in [6.45, 7) is 1.66. The number of aliphatic hydroxyl groups is 11. The molecule has 3 heterocycles. The van der Waals surface area contributed by atoms with Gasteiger partial charge in [0.2, 0.25) is 5.91 Å². The summed E-state index contributed by atoms with van der Waals surface area (Å²) < 4.78 is 34.2. The molecule has 17 unspecified atom stereocenters. The standard InChI is InChI=1S/C70H133NO18/c1-3-5-7-9-11-12-13-14-15-16-17-18-19-20-21-22-23-24-25-26-27-28-29-30-31-32-33-34-35-36-37-38-39-40-41-42-44-46-48-58(76)71-53(54(75)47-45-43-10-8-6-4-2)52-84-68-64(82)61(79)66(56(50-73)86-68)89-70-65(83)62(80)67(57(51-74)87-70)88-69-63(81)60(78)59(77)55(49-72)85-69/h45,47,53-57,59-70,72-75,77-83H,3-44,46,48-52H2,1-2H3,(H,71,76)/b47-45+. The van der Waals surface area contributed by atoms with E-state index in [1.54, 1.807) is 6.08 Å². The molecule has 0 spiro atoms. The van der Waals surface area contributed by atoms with Gasteiger partial charge in [-0.25, -0.2) is 0 Å². The minimum absolute atomic E-state index is 0.248. The lowest BCUT2D eigenvalue weighted by Gasteiger charge is -2.48. The smallest absolute Gasteiger partial charge is 0.220 e. The molecule has 0 bridgehead atoms. The zero-order valence-corrected chi connectivity index (χ0v) is 55.7. The fourth-order valence-electron chi connectivity index (χ4n) is 12.7.